The summed E-state index contributed by atoms with van der Waals surface area (Å²) in [4.78, 5) is 16.4. The Morgan fingerprint density at radius 2 is 1.73 bits per heavy atom. The Bertz CT molecular complexity index is 1150. The van der Waals surface area contributed by atoms with Gasteiger partial charge in [0.2, 0.25) is 0 Å². The smallest absolute Gasteiger partial charge is 0.302 e. The highest BCUT2D eigenvalue weighted by Gasteiger charge is 2.29. The molecule has 2 aromatic rings. The van der Waals surface area contributed by atoms with E-state index in [4.69, 9.17) is 14.5 Å². The van der Waals surface area contributed by atoms with Gasteiger partial charge in [0.1, 0.15) is 12.4 Å². The minimum absolute atomic E-state index is 0.113. The summed E-state index contributed by atoms with van der Waals surface area (Å²) in [5.74, 6) is -0.569. The van der Waals surface area contributed by atoms with Crippen molar-refractivity contribution < 1.29 is 27.1 Å². The van der Waals surface area contributed by atoms with Crippen molar-refractivity contribution in [2.24, 2.45) is 10.9 Å². The number of hydrogen-bond acceptors (Lipinski definition) is 6. The number of ether oxygens (including phenoxy) is 2. The average molecular weight is 474 g/mol. The van der Waals surface area contributed by atoms with Crippen molar-refractivity contribution >= 4 is 33.0 Å². The molecule has 2 aromatic carbocycles. The summed E-state index contributed by atoms with van der Waals surface area (Å²) < 4.78 is 48.5. The zero-order valence-electron chi connectivity index (χ0n) is 19.0. The maximum Gasteiger partial charge on any atom is 0.302 e. The molecule has 0 bridgehead atoms. The first-order valence-corrected chi connectivity index (χ1v) is 12.7. The normalized spacial score (nSPS) is 16.4. The van der Waals surface area contributed by atoms with Crippen LogP contribution in [0.4, 0.5) is 4.39 Å². The van der Waals surface area contributed by atoms with Crippen molar-refractivity contribution in [2.45, 2.75) is 38.0 Å². The van der Waals surface area contributed by atoms with Gasteiger partial charge in [0, 0.05) is 18.7 Å². The molecule has 0 amide bonds. The first kappa shape index (κ1) is 24.6. The number of allylic oxidation sites excluding steroid dienone is 1. The molecule has 1 atom stereocenters. The van der Waals surface area contributed by atoms with Crippen molar-refractivity contribution in [3.8, 4) is 0 Å². The molecule has 1 aliphatic rings. The SMILES string of the molecule is CCCCOC1=NC(c2ccc(F)cc2)=C(c2ccc(S(C)(=O)=O)cc2)CC1COC(C)=O. The number of hydrogen-bond donors (Lipinski definition) is 0. The lowest BCUT2D eigenvalue weighted by molar-refractivity contribution is -0.141. The topological polar surface area (TPSA) is 82.0 Å². The molecule has 1 aliphatic heterocycles. The van der Waals surface area contributed by atoms with E-state index in [1.54, 1.807) is 36.4 Å². The van der Waals surface area contributed by atoms with Crippen molar-refractivity contribution in [1.29, 1.82) is 0 Å². The molecule has 0 N–H and O–H groups in total. The Hall–Kier alpha value is -3.00. The Balaban J connectivity index is 2.09. The van der Waals surface area contributed by atoms with Gasteiger partial charge in [0.15, 0.2) is 15.7 Å². The van der Waals surface area contributed by atoms with Gasteiger partial charge in [0.05, 0.1) is 23.1 Å². The average Bonchev–Trinajstić information content (AvgIpc) is 2.78. The van der Waals surface area contributed by atoms with Crippen molar-refractivity contribution in [3.63, 3.8) is 0 Å². The number of benzene rings is 2. The van der Waals surface area contributed by atoms with Crippen LogP contribution >= 0.6 is 0 Å². The van der Waals surface area contributed by atoms with E-state index >= 15 is 0 Å². The fourth-order valence-electron chi connectivity index (χ4n) is 3.52. The Kier molecular flexibility index (Phi) is 8.02. The second kappa shape index (κ2) is 10.7. The van der Waals surface area contributed by atoms with Crippen LogP contribution < -0.4 is 0 Å². The lowest BCUT2D eigenvalue weighted by Crippen LogP contribution is -2.27. The molecule has 33 heavy (non-hydrogen) atoms. The summed E-state index contributed by atoms with van der Waals surface area (Å²) in [7, 11) is -3.33. The third-order valence-electron chi connectivity index (χ3n) is 5.29. The molecule has 0 aromatic heterocycles. The van der Waals surface area contributed by atoms with Gasteiger partial charge in [-0.1, -0.05) is 25.5 Å². The standard InChI is InChI=1S/C25H28FNO5S/c1-4-5-14-31-25-20(16-32-17(2)28)15-23(18-8-12-22(13-9-18)33(3,29)30)24(27-25)19-6-10-21(26)11-7-19/h6-13,20H,4-5,14-16H2,1-3H3. The quantitative estimate of drug-likeness (QED) is 0.403. The van der Waals surface area contributed by atoms with Crippen LogP contribution in [-0.4, -0.2) is 39.8 Å². The number of halogens is 1. The lowest BCUT2D eigenvalue weighted by Gasteiger charge is -2.27. The van der Waals surface area contributed by atoms with Crippen LogP contribution in [0.25, 0.3) is 11.3 Å². The molecule has 8 heteroatoms. The first-order valence-electron chi connectivity index (χ1n) is 10.8. The lowest BCUT2D eigenvalue weighted by atomic mass is 9.88. The van der Waals surface area contributed by atoms with E-state index in [1.165, 1.54) is 19.1 Å². The Labute approximate surface area is 194 Å². The van der Waals surface area contributed by atoms with Crippen LogP contribution in [0.1, 0.15) is 44.2 Å². The number of nitrogens with zero attached hydrogens (tertiary/aromatic N) is 1. The highest BCUT2D eigenvalue weighted by atomic mass is 32.2. The number of sulfone groups is 1. The molecular formula is C25H28FNO5S. The maximum absolute atomic E-state index is 13.6. The molecule has 6 nitrogen and oxygen atoms in total. The highest BCUT2D eigenvalue weighted by molar-refractivity contribution is 7.90. The highest BCUT2D eigenvalue weighted by Crippen LogP contribution is 2.38. The van der Waals surface area contributed by atoms with Crippen molar-refractivity contribution in [2.75, 3.05) is 19.5 Å². The van der Waals surface area contributed by atoms with Gasteiger partial charge < -0.3 is 9.47 Å². The van der Waals surface area contributed by atoms with Gasteiger partial charge in [-0.3, -0.25) is 4.79 Å². The number of rotatable bonds is 8. The first-order chi connectivity index (χ1) is 15.7. The second-order valence-electron chi connectivity index (χ2n) is 7.99. The summed E-state index contributed by atoms with van der Waals surface area (Å²) in [5.41, 5.74) is 2.95. The Morgan fingerprint density at radius 3 is 2.30 bits per heavy atom. The van der Waals surface area contributed by atoms with E-state index in [2.05, 4.69) is 6.92 Å². The van der Waals surface area contributed by atoms with E-state index < -0.39 is 15.8 Å². The number of unbranched alkanes of at least 4 members (excludes halogenated alkanes) is 1. The predicted molar refractivity (Wildman–Crippen MR) is 126 cm³/mol. The van der Waals surface area contributed by atoms with E-state index in [1.807, 2.05) is 0 Å². The fourth-order valence-corrected chi connectivity index (χ4v) is 4.15. The number of esters is 1. The molecule has 176 valence electrons. The third-order valence-corrected chi connectivity index (χ3v) is 6.42. The second-order valence-corrected chi connectivity index (χ2v) is 10.0. The van der Waals surface area contributed by atoms with Gasteiger partial charge in [-0.15, -0.1) is 0 Å². The number of carbonyl (C=O) groups excluding carboxylic acids is 1. The fraction of sp³-hybridized carbons (Fsp3) is 0.360. The monoisotopic (exact) mass is 473 g/mol. The van der Waals surface area contributed by atoms with Gasteiger partial charge in [-0.25, -0.2) is 17.8 Å². The van der Waals surface area contributed by atoms with Crippen LogP contribution in [0.3, 0.4) is 0 Å². The van der Waals surface area contributed by atoms with E-state index in [0.29, 0.717) is 30.2 Å². The molecular weight excluding hydrogens is 445 g/mol. The van der Waals surface area contributed by atoms with E-state index in [-0.39, 0.29) is 23.2 Å². The minimum atomic E-state index is -3.33. The van der Waals surface area contributed by atoms with Gasteiger partial charge in [0.25, 0.3) is 0 Å². The number of aliphatic imine (C=N–C) groups is 1. The molecule has 1 heterocycles. The summed E-state index contributed by atoms with van der Waals surface area (Å²) in [6.07, 6.45) is 3.43. The van der Waals surface area contributed by atoms with Crippen molar-refractivity contribution in [1.82, 2.24) is 0 Å². The summed E-state index contributed by atoms with van der Waals surface area (Å²) in [5, 5.41) is 0. The van der Waals surface area contributed by atoms with Crippen molar-refractivity contribution in [3.05, 3.63) is 65.5 Å². The zero-order chi connectivity index (χ0) is 24.0. The van der Waals surface area contributed by atoms with E-state index in [9.17, 15) is 17.6 Å². The maximum atomic E-state index is 13.6. The molecule has 0 saturated carbocycles. The van der Waals surface area contributed by atoms with Gasteiger partial charge >= 0.3 is 5.97 Å². The van der Waals surface area contributed by atoms with Crippen LogP contribution in [0.2, 0.25) is 0 Å². The Morgan fingerprint density at radius 1 is 1.09 bits per heavy atom. The van der Waals surface area contributed by atoms with E-state index in [0.717, 1.165) is 30.2 Å². The van der Waals surface area contributed by atoms with Crippen LogP contribution in [0.15, 0.2) is 58.4 Å². The van der Waals surface area contributed by atoms with Crippen LogP contribution in [-0.2, 0) is 24.1 Å². The molecule has 0 spiro atoms. The molecule has 0 fully saturated rings. The van der Waals surface area contributed by atoms with Crippen LogP contribution in [0.5, 0.6) is 0 Å². The summed E-state index contributed by atoms with van der Waals surface area (Å²) >= 11 is 0. The van der Waals surface area contributed by atoms with Gasteiger partial charge in [-0.05, 0) is 60.4 Å². The van der Waals surface area contributed by atoms with Gasteiger partial charge in [-0.2, -0.15) is 0 Å². The third kappa shape index (κ3) is 6.51. The molecule has 1 unspecified atom stereocenters. The molecule has 3 rings (SSSR count). The zero-order valence-corrected chi connectivity index (χ0v) is 19.8. The predicted octanol–water partition coefficient (Wildman–Crippen LogP) is 4.90. The minimum Gasteiger partial charge on any atom is -0.480 e. The number of carbonyl (C=O) groups is 1. The summed E-state index contributed by atoms with van der Waals surface area (Å²) in [6, 6.07) is 12.6. The van der Waals surface area contributed by atoms with Crippen LogP contribution in [0, 0.1) is 11.7 Å². The molecule has 0 saturated heterocycles. The summed E-state index contributed by atoms with van der Waals surface area (Å²) in [6.45, 7) is 4.01. The molecule has 0 aliphatic carbocycles. The molecule has 0 radical (unpaired) electrons. The largest absolute Gasteiger partial charge is 0.480 e.